The molecule has 2 aromatic heterocycles. The van der Waals surface area contributed by atoms with E-state index >= 15 is 0 Å². The summed E-state index contributed by atoms with van der Waals surface area (Å²) in [5, 5.41) is 10.6. The summed E-state index contributed by atoms with van der Waals surface area (Å²) in [5.74, 6) is 2.67. The number of piperazine rings is 1. The van der Waals surface area contributed by atoms with Gasteiger partial charge in [-0.1, -0.05) is 13.0 Å². The van der Waals surface area contributed by atoms with E-state index in [0.29, 0.717) is 13.1 Å². The number of halogens is 1. The number of guanidine groups is 1. The van der Waals surface area contributed by atoms with Crippen molar-refractivity contribution in [1.82, 2.24) is 35.3 Å². The molecule has 1 saturated heterocycles. The number of likely N-dealkylation sites (N-methyl/N-ethyl adjacent to an activating group) is 1. The Morgan fingerprint density at radius 1 is 1.10 bits per heavy atom. The Balaban J connectivity index is 0.00000300. The largest absolute Gasteiger partial charge is 0.357 e. The molecule has 3 rings (SSSR count). The zero-order chi connectivity index (χ0) is 19.8. The lowest BCUT2D eigenvalue weighted by Crippen LogP contribution is -2.46. The van der Waals surface area contributed by atoms with Crippen molar-refractivity contribution in [2.75, 3.05) is 44.2 Å². The molecule has 0 radical (unpaired) electrons. The first-order valence-electron chi connectivity index (χ1n) is 9.96. The van der Waals surface area contributed by atoms with E-state index in [9.17, 15) is 0 Å². The van der Waals surface area contributed by atoms with Gasteiger partial charge in [0.15, 0.2) is 5.96 Å². The zero-order valence-corrected chi connectivity index (χ0v) is 19.8. The topological polar surface area (TPSA) is 86.5 Å². The third-order valence-corrected chi connectivity index (χ3v) is 4.94. The van der Waals surface area contributed by atoms with Crippen molar-refractivity contribution in [3.63, 3.8) is 0 Å². The number of nitrogens with zero attached hydrogens (tertiary/aromatic N) is 7. The first-order chi connectivity index (χ1) is 13.7. The second kappa shape index (κ2) is 11.9. The predicted octanol–water partition coefficient (Wildman–Crippen LogP) is 1.23. The van der Waals surface area contributed by atoms with Crippen LogP contribution in [0, 0.1) is 0 Å². The summed E-state index contributed by atoms with van der Waals surface area (Å²) in [6.45, 7) is 11.6. The highest BCUT2D eigenvalue weighted by Gasteiger charge is 2.16. The summed E-state index contributed by atoms with van der Waals surface area (Å²) >= 11 is 0. The molecule has 9 nitrogen and oxygen atoms in total. The number of hydrogen-bond acceptors (Lipinski definition) is 6. The minimum atomic E-state index is 0. The fourth-order valence-electron chi connectivity index (χ4n) is 3.15. The summed E-state index contributed by atoms with van der Waals surface area (Å²) in [6, 6.07) is 4.22. The first kappa shape index (κ1) is 23.3. The lowest BCUT2D eigenvalue weighted by atomic mass is 10.2. The average molecular weight is 513 g/mol. The van der Waals surface area contributed by atoms with Gasteiger partial charge in [0.25, 0.3) is 0 Å². The number of aliphatic imine (C=N–C) groups is 1. The number of rotatable bonds is 7. The van der Waals surface area contributed by atoms with Crippen molar-refractivity contribution in [1.29, 1.82) is 0 Å². The van der Waals surface area contributed by atoms with Gasteiger partial charge in [0.2, 0.25) is 0 Å². The van der Waals surface area contributed by atoms with Crippen molar-refractivity contribution in [3.8, 4) is 0 Å². The highest BCUT2D eigenvalue weighted by Crippen LogP contribution is 2.14. The molecule has 10 heteroatoms. The summed E-state index contributed by atoms with van der Waals surface area (Å²) in [7, 11) is 1.88. The summed E-state index contributed by atoms with van der Waals surface area (Å²) in [5.41, 5.74) is 1.09. The van der Waals surface area contributed by atoms with Gasteiger partial charge in [-0.05, 0) is 25.1 Å². The first-order valence-corrected chi connectivity index (χ1v) is 9.96. The molecule has 0 amide bonds. The van der Waals surface area contributed by atoms with Crippen molar-refractivity contribution in [3.05, 3.63) is 36.0 Å². The maximum atomic E-state index is 4.65. The van der Waals surface area contributed by atoms with Gasteiger partial charge < -0.3 is 20.4 Å². The van der Waals surface area contributed by atoms with Crippen LogP contribution < -0.4 is 15.5 Å². The van der Waals surface area contributed by atoms with Crippen LogP contribution in [0.25, 0.3) is 0 Å². The van der Waals surface area contributed by atoms with Crippen molar-refractivity contribution in [2.45, 2.75) is 26.9 Å². The molecule has 0 aliphatic carbocycles. The molecule has 3 heterocycles. The fourth-order valence-corrected chi connectivity index (χ4v) is 3.15. The number of pyridine rings is 1. The van der Waals surface area contributed by atoms with Crippen LogP contribution in [-0.4, -0.2) is 69.9 Å². The quantitative estimate of drug-likeness (QED) is 0.327. The predicted molar refractivity (Wildman–Crippen MR) is 127 cm³/mol. The zero-order valence-electron chi connectivity index (χ0n) is 17.5. The van der Waals surface area contributed by atoms with Crippen LogP contribution in [0.1, 0.15) is 25.2 Å². The molecule has 1 aliphatic heterocycles. The summed E-state index contributed by atoms with van der Waals surface area (Å²) in [6.07, 6.45) is 3.48. The SMILES string of the molecule is CCNC(=NCc1ccc(N2CCN(CC)CC2)nc1)NCc1ncnn1C.I. The molecule has 0 saturated carbocycles. The van der Waals surface area contributed by atoms with Gasteiger partial charge in [-0.25, -0.2) is 15.0 Å². The van der Waals surface area contributed by atoms with E-state index in [1.807, 2.05) is 20.2 Å². The molecule has 0 atom stereocenters. The maximum absolute atomic E-state index is 4.65. The Labute approximate surface area is 190 Å². The normalized spacial score (nSPS) is 15.1. The molecule has 1 aliphatic rings. The molecule has 2 N–H and O–H groups in total. The van der Waals surface area contributed by atoms with Gasteiger partial charge in [0, 0.05) is 46.0 Å². The van der Waals surface area contributed by atoms with Gasteiger partial charge >= 0.3 is 0 Å². The van der Waals surface area contributed by atoms with E-state index in [1.54, 1.807) is 11.0 Å². The Hall–Kier alpha value is -1.95. The van der Waals surface area contributed by atoms with Crippen LogP contribution in [0.2, 0.25) is 0 Å². The van der Waals surface area contributed by atoms with Crippen LogP contribution in [0.4, 0.5) is 5.82 Å². The molecule has 1 fully saturated rings. The minimum absolute atomic E-state index is 0. The standard InChI is InChI=1S/C19H31N9.HI/c1-4-20-19(23-14-18-24-15-25-26(18)3)22-13-16-6-7-17(21-12-16)28-10-8-27(5-2)9-11-28;/h6-7,12,15H,4-5,8-11,13-14H2,1-3H3,(H2,20,22,23);1H. The second-order valence-corrected chi connectivity index (χ2v) is 6.79. The van der Waals surface area contributed by atoms with E-state index in [-0.39, 0.29) is 24.0 Å². The van der Waals surface area contributed by atoms with E-state index in [1.165, 1.54) is 0 Å². The van der Waals surface area contributed by atoms with E-state index in [0.717, 1.165) is 62.4 Å². The minimum Gasteiger partial charge on any atom is -0.357 e. The molecule has 0 aromatic carbocycles. The summed E-state index contributed by atoms with van der Waals surface area (Å²) in [4.78, 5) is 18.3. The van der Waals surface area contributed by atoms with E-state index in [4.69, 9.17) is 0 Å². The molecule has 0 bridgehead atoms. The van der Waals surface area contributed by atoms with Gasteiger partial charge in [-0.2, -0.15) is 5.10 Å². The van der Waals surface area contributed by atoms with Gasteiger partial charge in [0.05, 0.1) is 13.1 Å². The highest BCUT2D eigenvalue weighted by atomic mass is 127. The molecule has 0 unspecified atom stereocenters. The molecule has 0 spiro atoms. The molecule has 29 heavy (non-hydrogen) atoms. The number of anilines is 1. The molecule has 2 aromatic rings. The van der Waals surface area contributed by atoms with E-state index in [2.05, 4.69) is 59.5 Å². The Bertz CT molecular complexity index is 751. The third kappa shape index (κ3) is 6.81. The Morgan fingerprint density at radius 2 is 1.90 bits per heavy atom. The van der Waals surface area contributed by atoms with Crippen LogP contribution in [0.15, 0.2) is 29.6 Å². The third-order valence-electron chi connectivity index (χ3n) is 4.94. The van der Waals surface area contributed by atoms with Crippen molar-refractivity contribution in [2.24, 2.45) is 12.0 Å². The van der Waals surface area contributed by atoms with Gasteiger partial charge in [-0.15, -0.1) is 24.0 Å². The van der Waals surface area contributed by atoms with E-state index < -0.39 is 0 Å². The molecular formula is C19H32IN9. The van der Waals surface area contributed by atoms with Crippen molar-refractivity contribution < 1.29 is 0 Å². The highest BCUT2D eigenvalue weighted by molar-refractivity contribution is 14.0. The lowest BCUT2D eigenvalue weighted by molar-refractivity contribution is 0.270. The molecule has 160 valence electrons. The monoisotopic (exact) mass is 513 g/mol. The Morgan fingerprint density at radius 3 is 2.48 bits per heavy atom. The van der Waals surface area contributed by atoms with Crippen molar-refractivity contribution >= 4 is 35.8 Å². The number of aromatic nitrogens is 4. The van der Waals surface area contributed by atoms with Gasteiger partial charge in [0.1, 0.15) is 18.0 Å². The fraction of sp³-hybridized carbons (Fsp3) is 0.579. The Kier molecular flexibility index (Phi) is 9.58. The van der Waals surface area contributed by atoms with Crippen LogP contribution in [0.5, 0.6) is 0 Å². The number of nitrogens with one attached hydrogen (secondary N) is 2. The molecular weight excluding hydrogens is 481 g/mol. The lowest BCUT2D eigenvalue weighted by Gasteiger charge is -2.34. The second-order valence-electron chi connectivity index (χ2n) is 6.79. The van der Waals surface area contributed by atoms with Crippen LogP contribution in [-0.2, 0) is 20.1 Å². The summed E-state index contributed by atoms with van der Waals surface area (Å²) < 4.78 is 1.75. The number of hydrogen-bond donors (Lipinski definition) is 2. The number of aryl methyl sites for hydroxylation is 1. The van der Waals surface area contributed by atoms with Gasteiger partial charge in [-0.3, -0.25) is 4.68 Å². The average Bonchev–Trinajstić information content (AvgIpc) is 3.15. The van der Waals surface area contributed by atoms with Crippen LogP contribution in [0.3, 0.4) is 0 Å². The smallest absolute Gasteiger partial charge is 0.191 e. The maximum Gasteiger partial charge on any atom is 0.191 e. The van der Waals surface area contributed by atoms with Crippen LogP contribution >= 0.6 is 24.0 Å².